The second kappa shape index (κ2) is 6.69. The summed E-state index contributed by atoms with van der Waals surface area (Å²) < 4.78 is 10.3. The first-order chi connectivity index (χ1) is 12.0. The van der Waals surface area contributed by atoms with Crippen LogP contribution in [-0.4, -0.2) is 32.8 Å². The number of rotatable bonds is 5. The van der Waals surface area contributed by atoms with Gasteiger partial charge in [-0.05, 0) is 23.7 Å². The number of fused-ring (bicyclic) bond motifs is 1. The van der Waals surface area contributed by atoms with Gasteiger partial charge in [0.1, 0.15) is 22.5 Å². The Morgan fingerprint density at radius 2 is 2.12 bits per heavy atom. The summed E-state index contributed by atoms with van der Waals surface area (Å²) in [5.41, 5.74) is 5.30. The third-order valence-corrected chi connectivity index (χ3v) is 4.20. The molecule has 0 radical (unpaired) electrons. The van der Waals surface area contributed by atoms with Crippen molar-refractivity contribution in [1.29, 1.82) is 0 Å². The number of anilines is 1. The van der Waals surface area contributed by atoms with E-state index in [-0.39, 0.29) is 22.5 Å². The molecule has 0 fully saturated rings. The number of carbonyl (C=O) groups is 2. The lowest BCUT2D eigenvalue weighted by atomic mass is 10.3. The summed E-state index contributed by atoms with van der Waals surface area (Å²) in [7, 11) is 1.49. The Kier molecular flexibility index (Phi) is 4.44. The molecule has 128 valence electrons. The molecule has 0 spiro atoms. The zero-order valence-electron chi connectivity index (χ0n) is 13.1. The van der Waals surface area contributed by atoms with Crippen molar-refractivity contribution in [1.82, 2.24) is 13.9 Å². The summed E-state index contributed by atoms with van der Waals surface area (Å²) in [6.45, 7) is -0.246. The van der Waals surface area contributed by atoms with Crippen LogP contribution in [0.5, 0.6) is 5.75 Å². The number of nitrogens with one attached hydrogen (secondary N) is 1. The number of carbonyl (C=O) groups excluding carboxylic acids is 2. The van der Waals surface area contributed by atoms with Crippen LogP contribution in [0, 0.1) is 0 Å². The van der Waals surface area contributed by atoms with Crippen molar-refractivity contribution in [3.05, 3.63) is 46.6 Å². The number of primary amides is 1. The smallest absolute Gasteiger partial charge is 0.273 e. The molecule has 9 nitrogen and oxygen atoms in total. The number of hydrogen-bond donors (Lipinski definition) is 2. The first-order valence-corrected chi connectivity index (χ1v) is 7.86. The molecule has 3 N–H and O–H groups in total. The number of hydrogen-bond acceptors (Lipinski definition) is 7. The van der Waals surface area contributed by atoms with Crippen molar-refractivity contribution in [3.8, 4) is 5.75 Å². The Hall–Kier alpha value is -3.27. The van der Waals surface area contributed by atoms with Gasteiger partial charge in [0.2, 0.25) is 5.91 Å². The Balaban J connectivity index is 1.85. The van der Waals surface area contributed by atoms with Crippen LogP contribution in [0.2, 0.25) is 0 Å². The number of benzene rings is 1. The summed E-state index contributed by atoms with van der Waals surface area (Å²) in [5, 5.41) is 2.67. The molecule has 2 amide bonds. The highest BCUT2D eigenvalue weighted by molar-refractivity contribution is 7.13. The third-order valence-electron chi connectivity index (χ3n) is 3.38. The van der Waals surface area contributed by atoms with Crippen molar-refractivity contribution in [2.24, 2.45) is 5.73 Å². The van der Waals surface area contributed by atoms with Gasteiger partial charge in [0.25, 0.3) is 11.5 Å². The molecule has 0 aliphatic heterocycles. The van der Waals surface area contributed by atoms with Crippen LogP contribution < -0.4 is 21.3 Å². The van der Waals surface area contributed by atoms with E-state index in [1.54, 1.807) is 24.3 Å². The second-order valence-electron chi connectivity index (χ2n) is 5.00. The van der Waals surface area contributed by atoms with Gasteiger partial charge < -0.3 is 15.8 Å². The minimum absolute atomic E-state index is 0.0530. The van der Waals surface area contributed by atoms with Crippen LogP contribution in [0.4, 0.5) is 5.69 Å². The lowest BCUT2D eigenvalue weighted by molar-refractivity contribution is -0.116. The fourth-order valence-electron chi connectivity index (χ4n) is 2.22. The van der Waals surface area contributed by atoms with Gasteiger partial charge in [-0.25, -0.2) is 4.98 Å². The van der Waals surface area contributed by atoms with E-state index in [0.29, 0.717) is 11.4 Å². The predicted molar refractivity (Wildman–Crippen MR) is 91.8 cm³/mol. The van der Waals surface area contributed by atoms with Crippen molar-refractivity contribution < 1.29 is 14.3 Å². The van der Waals surface area contributed by atoms with Crippen LogP contribution in [0.1, 0.15) is 10.5 Å². The minimum atomic E-state index is -0.759. The van der Waals surface area contributed by atoms with Gasteiger partial charge >= 0.3 is 0 Å². The van der Waals surface area contributed by atoms with Crippen LogP contribution in [0.3, 0.4) is 0 Å². The number of methoxy groups -OCH3 is 1. The summed E-state index contributed by atoms with van der Waals surface area (Å²) in [6, 6.07) is 6.92. The molecule has 0 saturated carbocycles. The number of para-hydroxylation sites is 2. The zero-order chi connectivity index (χ0) is 18.0. The van der Waals surface area contributed by atoms with E-state index in [4.69, 9.17) is 10.5 Å². The molecule has 25 heavy (non-hydrogen) atoms. The molecule has 2 aromatic heterocycles. The molecule has 0 bridgehead atoms. The maximum Gasteiger partial charge on any atom is 0.273 e. The fraction of sp³-hybridized carbons (Fsp3) is 0.133. The number of nitrogens with two attached hydrogens (primary N) is 1. The van der Waals surface area contributed by atoms with Gasteiger partial charge in [-0.1, -0.05) is 12.1 Å². The predicted octanol–water partition coefficient (Wildman–Crippen LogP) is 0.599. The van der Waals surface area contributed by atoms with Gasteiger partial charge in [-0.2, -0.15) is 4.37 Å². The summed E-state index contributed by atoms with van der Waals surface area (Å²) in [5.74, 6) is -0.678. The number of aromatic nitrogens is 3. The summed E-state index contributed by atoms with van der Waals surface area (Å²) in [4.78, 5) is 39.9. The van der Waals surface area contributed by atoms with Crippen LogP contribution in [0.15, 0.2) is 35.4 Å². The second-order valence-corrected chi connectivity index (χ2v) is 5.77. The van der Waals surface area contributed by atoms with Gasteiger partial charge in [0.15, 0.2) is 5.69 Å². The Bertz CT molecular complexity index is 1030. The van der Waals surface area contributed by atoms with E-state index in [9.17, 15) is 14.4 Å². The average molecular weight is 359 g/mol. The maximum atomic E-state index is 12.4. The van der Waals surface area contributed by atoms with E-state index < -0.39 is 17.4 Å². The standard InChI is InChI=1S/C15H13N5O4S/c1-24-9-5-3-2-4-8(9)18-10(21)6-20-7-17-11-12(14(16)22)19-25-13(11)15(20)23/h2-5,7H,6H2,1H3,(H2,16,22)(H,18,21). The van der Waals surface area contributed by atoms with Crippen LogP contribution in [-0.2, 0) is 11.3 Å². The van der Waals surface area contributed by atoms with Gasteiger partial charge in [0.05, 0.1) is 19.1 Å². The van der Waals surface area contributed by atoms with Crippen molar-refractivity contribution in [2.75, 3.05) is 12.4 Å². The normalized spacial score (nSPS) is 10.6. The highest BCUT2D eigenvalue weighted by Gasteiger charge is 2.17. The zero-order valence-corrected chi connectivity index (χ0v) is 13.9. The van der Waals surface area contributed by atoms with Gasteiger partial charge in [0, 0.05) is 0 Å². The number of ether oxygens (including phenoxy) is 1. The monoisotopic (exact) mass is 359 g/mol. The molecule has 3 aromatic rings. The van der Waals surface area contributed by atoms with Crippen LogP contribution in [0.25, 0.3) is 10.2 Å². The molecule has 0 unspecified atom stereocenters. The third kappa shape index (κ3) is 3.19. The minimum Gasteiger partial charge on any atom is -0.495 e. The van der Waals surface area contributed by atoms with Crippen molar-refractivity contribution in [2.45, 2.75) is 6.54 Å². The molecule has 0 atom stereocenters. The number of nitrogens with zero attached hydrogens (tertiary/aromatic N) is 3. The van der Waals surface area contributed by atoms with Crippen molar-refractivity contribution >= 4 is 39.3 Å². The molecule has 0 aliphatic carbocycles. The summed E-state index contributed by atoms with van der Waals surface area (Å²) in [6.07, 6.45) is 1.19. The summed E-state index contributed by atoms with van der Waals surface area (Å²) >= 11 is 0.822. The molecule has 1 aromatic carbocycles. The first-order valence-electron chi connectivity index (χ1n) is 7.08. The molecular weight excluding hydrogens is 346 g/mol. The molecule has 2 heterocycles. The first kappa shape index (κ1) is 16.6. The van der Waals surface area contributed by atoms with E-state index >= 15 is 0 Å². The lowest BCUT2D eigenvalue weighted by Gasteiger charge is -2.10. The topological polar surface area (TPSA) is 129 Å². The van der Waals surface area contributed by atoms with E-state index in [1.165, 1.54) is 13.4 Å². The highest BCUT2D eigenvalue weighted by Crippen LogP contribution is 2.23. The fourth-order valence-corrected chi connectivity index (χ4v) is 3.01. The Morgan fingerprint density at radius 1 is 1.36 bits per heavy atom. The molecular formula is C15H13N5O4S. The van der Waals surface area contributed by atoms with E-state index in [1.807, 2.05) is 0 Å². The number of amides is 2. The maximum absolute atomic E-state index is 12.4. The lowest BCUT2D eigenvalue weighted by Crippen LogP contribution is -2.27. The van der Waals surface area contributed by atoms with E-state index in [2.05, 4.69) is 14.7 Å². The quantitative estimate of drug-likeness (QED) is 0.686. The highest BCUT2D eigenvalue weighted by atomic mass is 32.1. The van der Waals surface area contributed by atoms with E-state index in [0.717, 1.165) is 16.1 Å². The Labute approximate surface area is 145 Å². The molecule has 3 rings (SSSR count). The molecule has 0 saturated heterocycles. The Morgan fingerprint density at radius 3 is 2.84 bits per heavy atom. The molecule has 0 aliphatic rings. The van der Waals surface area contributed by atoms with Gasteiger partial charge in [-0.3, -0.25) is 19.0 Å². The SMILES string of the molecule is COc1ccccc1NC(=O)Cn1cnc2c(C(N)=O)nsc2c1=O. The molecule has 10 heteroatoms. The van der Waals surface area contributed by atoms with Gasteiger partial charge in [-0.15, -0.1) is 0 Å². The largest absolute Gasteiger partial charge is 0.495 e. The van der Waals surface area contributed by atoms with Crippen molar-refractivity contribution in [3.63, 3.8) is 0 Å². The average Bonchev–Trinajstić information content (AvgIpc) is 3.03. The van der Waals surface area contributed by atoms with Crippen LogP contribution >= 0.6 is 11.5 Å².